The Kier molecular flexibility index (Phi) is 8.27. The highest BCUT2D eigenvalue weighted by Crippen LogP contribution is 2.23. The highest BCUT2D eigenvalue weighted by atomic mass is 16.5. The van der Waals surface area contributed by atoms with Gasteiger partial charge in [0.25, 0.3) is 11.8 Å². The van der Waals surface area contributed by atoms with Gasteiger partial charge in [0.15, 0.2) is 0 Å². The van der Waals surface area contributed by atoms with Gasteiger partial charge >= 0.3 is 0 Å². The molecule has 8 heteroatoms. The minimum absolute atomic E-state index is 0.0313. The maximum Gasteiger partial charge on any atom is 0.267 e. The molecule has 0 radical (unpaired) electrons. The van der Waals surface area contributed by atoms with Crippen LogP contribution in [0.25, 0.3) is 17.0 Å². The van der Waals surface area contributed by atoms with Gasteiger partial charge in [-0.15, -0.1) is 0 Å². The lowest BCUT2D eigenvalue weighted by molar-refractivity contribution is -0.124. The molecule has 0 saturated carbocycles. The predicted molar refractivity (Wildman–Crippen MR) is 152 cm³/mol. The Balaban J connectivity index is 1.52. The summed E-state index contributed by atoms with van der Waals surface area (Å²) >= 11 is 0. The van der Waals surface area contributed by atoms with E-state index in [2.05, 4.69) is 36.4 Å². The van der Waals surface area contributed by atoms with Gasteiger partial charge in [0.1, 0.15) is 6.04 Å². The summed E-state index contributed by atoms with van der Waals surface area (Å²) in [6.45, 7) is 6.33. The summed E-state index contributed by atoms with van der Waals surface area (Å²) in [6, 6.07) is 23.4. The van der Waals surface area contributed by atoms with Crippen molar-refractivity contribution in [2.24, 2.45) is 0 Å². The van der Waals surface area contributed by atoms with Crippen molar-refractivity contribution in [3.8, 4) is 0 Å². The first-order chi connectivity index (χ1) is 18.6. The predicted octanol–water partition coefficient (Wildman–Crippen LogP) is 4.96. The lowest BCUT2D eigenvalue weighted by Crippen LogP contribution is -2.45. The number of carbonyl (C=O) groups excluding carboxylic acids is 3. The lowest BCUT2D eigenvalue weighted by Gasteiger charge is -2.21. The number of hydrogen-bond donors (Lipinski definition) is 5. The van der Waals surface area contributed by atoms with E-state index >= 15 is 0 Å². The summed E-state index contributed by atoms with van der Waals surface area (Å²) in [4.78, 5) is 40.9. The van der Waals surface area contributed by atoms with Crippen molar-refractivity contribution in [3.63, 3.8) is 0 Å². The number of rotatable bonds is 8. The van der Waals surface area contributed by atoms with E-state index in [0.29, 0.717) is 23.4 Å². The van der Waals surface area contributed by atoms with E-state index in [1.165, 1.54) is 12.2 Å². The first-order valence-electron chi connectivity index (χ1n) is 12.6. The fraction of sp³-hybridized carbons (Fsp3) is 0.194. The Morgan fingerprint density at radius 1 is 0.949 bits per heavy atom. The molecule has 0 aliphatic rings. The second-order valence-electron chi connectivity index (χ2n) is 10.4. The van der Waals surface area contributed by atoms with Crippen LogP contribution in [0.1, 0.15) is 48.0 Å². The van der Waals surface area contributed by atoms with E-state index in [1.807, 2.05) is 54.6 Å². The van der Waals surface area contributed by atoms with E-state index < -0.39 is 11.9 Å². The van der Waals surface area contributed by atoms with Crippen molar-refractivity contribution in [2.75, 3.05) is 5.32 Å². The maximum atomic E-state index is 13.4. The molecule has 3 aromatic carbocycles. The number of aromatic nitrogens is 1. The van der Waals surface area contributed by atoms with Crippen LogP contribution in [0.4, 0.5) is 5.69 Å². The molecule has 0 aliphatic heterocycles. The van der Waals surface area contributed by atoms with Gasteiger partial charge in [-0.3, -0.25) is 19.6 Å². The third-order valence-electron chi connectivity index (χ3n) is 6.35. The summed E-state index contributed by atoms with van der Waals surface area (Å²) in [5, 5.41) is 15.3. The molecule has 0 saturated heterocycles. The van der Waals surface area contributed by atoms with E-state index in [-0.39, 0.29) is 17.2 Å². The normalized spacial score (nSPS) is 12.3. The van der Waals surface area contributed by atoms with Gasteiger partial charge in [0, 0.05) is 40.3 Å². The summed E-state index contributed by atoms with van der Waals surface area (Å²) in [5.41, 5.74) is 6.07. The Morgan fingerprint density at radius 2 is 1.67 bits per heavy atom. The van der Waals surface area contributed by atoms with Crippen LogP contribution in [0, 0.1) is 0 Å². The molecular weight excluding hydrogens is 492 g/mol. The van der Waals surface area contributed by atoms with E-state index in [0.717, 1.165) is 22.0 Å². The molecule has 1 heterocycles. The molecule has 1 unspecified atom stereocenters. The van der Waals surface area contributed by atoms with Crippen molar-refractivity contribution >= 4 is 40.4 Å². The van der Waals surface area contributed by atoms with Crippen LogP contribution in [0.2, 0.25) is 0 Å². The van der Waals surface area contributed by atoms with E-state index in [9.17, 15) is 14.4 Å². The summed E-state index contributed by atoms with van der Waals surface area (Å²) < 4.78 is 0. The van der Waals surface area contributed by atoms with Crippen LogP contribution >= 0.6 is 0 Å². The van der Waals surface area contributed by atoms with Crippen LogP contribution in [0.3, 0.4) is 0 Å². The third-order valence-corrected chi connectivity index (χ3v) is 6.35. The van der Waals surface area contributed by atoms with Crippen LogP contribution in [-0.2, 0) is 21.4 Å². The monoisotopic (exact) mass is 524 g/mol. The standard InChI is InChI=1S/C31H32N4O4/c1-31(2,3)23-11-9-21(10-12-23)29(37)34-27(17-20-7-5-4-6-8-20)30(38)33-25-13-15-26-22(19-25)18-24(32-26)14-16-28(36)35-39/h4-16,18-19,27,32,39H,17H2,1-3H3,(H,33,38)(H,34,37)(H,35,36)/b16-14+. The number of anilines is 1. The Morgan fingerprint density at radius 3 is 2.33 bits per heavy atom. The van der Waals surface area contributed by atoms with Gasteiger partial charge in [-0.25, -0.2) is 5.48 Å². The maximum absolute atomic E-state index is 13.4. The fourth-order valence-electron chi connectivity index (χ4n) is 4.18. The summed E-state index contributed by atoms with van der Waals surface area (Å²) in [6.07, 6.45) is 3.05. The Bertz CT molecular complexity index is 1500. The molecule has 0 bridgehead atoms. The van der Waals surface area contributed by atoms with Gasteiger partial charge in [0.05, 0.1) is 0 Å². The zero-order chi connectivity index (χ0) is 28.0. The van der Waals surface area contributed by atoms with E-state index in [4.69, 9.17) is 5.21 Å². The Hall–Kier alpha value is -4.69. The van der Waals surface area contributed by atoms with Crippen LogP contribution < -0.4 is 16.1 Å². The minimum atomic E-state index is -0.806. The molecule has 4 aromatic rings. The van der Waals surface area contributed by atoms with Gasteiger partial charge in [-0.1, -0.05) is 63.2 Å². The van der Waals surface area contributed by atoms with Gasteiger partial charge in [0.2, 0.25) is 5.91 Å². The minimum Gasteiger partial charge on any atom is -0.355 e. The zero-order valence-electron chi connectivity index (χ0n) is 22.1. The van der Waals surface area contributed by atoms with Crippen molar-refractivity contribution in [1.29, 1.82) is 0 Å². The SMILES string of the molecule is CC(C)(C)c1ccc(C(=O)NC(Cc2ccccc2)C(=O)Nc2ccc3[nH]c(/C=C/C(=O)NO)cc3c2)cc1. The smallest absolute Gasteiger partial charge is 0.267 e. The number of benzene rings is 3. The van der Waals surface area contributed by atoms with Crippen molar-refractivity contribution in [2.45, 2.75) is 38.6 Å². The molecule has 0 fully saturated rings. The molecule has 200 valence electrons. The summed E-state index contributed by atoms with van der Waals surface area (Å²) in [5.74, 6) is -1.30. The number of carbonyl (C=O) groups is 3. The quantitative estimate of drug-likeness (QED) is 0.127. The zero-order valence-corrected chi connectivity index (χ0v) is 22.1. The number of hydroxylamine groups is 1. The first-order valence-corrected chi connectivity index (χ1v) is 12.6. The number of amides is 3. The average Bonchev–Trinajstić information content (AvgIpc) is 3.33. The molecular formula is C31H32N4O4. The molecule has 5 N–H and O–H groups in total. The van der Waals surface area contributed by atoms with Gasteiger partial charge in [-0.05, 0) is 59.0 Å². The van der Waals surface area contributed by atoms with Crippen molar-refractivity contribution < 1.29 is 19.6 Å². The number of aromatic amines is 1. The molecule has 1 aromatic heterocycles. The molecule has 8 nitrogen and oxygen atoms in total. The second-order valence-corrected chi connectivity index (χ2v) is 10.4. The van der Waals surface area contributed by atoms with Crippen LogP contribution in [0.15, 0.2) is 84.9 Å². The van der Waals surface area contributed by atoms with Gasteiger partial charge in [-0.2, -0.15) is 0 Å². The van der Waals surface area contributed by atoms with E-state index in [1.54, 1.807) is 29.7 Å². The number of nitrogens with one attached hydrogen (secondary N) is 4. The third kappa shape index (κ3) is 7.21. The largest absolute Gasteiger partial charge is 0.355 e. The van der Waals surface area contributed by atoms with Crippen molar-refractivity contribution in [1.82, 2.24) is 15.8 Å². The topological polar surface area (TPSA) is 123 Å². The molecule has 39 heavy (non-hydrogen) atoms. The van der Waals surface area contributed by atoms with Crippen LogP contribution in [-0.4, -0.2) is 34.0 Å². The second kappa shape index (κ2) is 11.8. The average molecular weight is 525 g/mol. The number of H-pyrrole nitrogens is 1. The molecule has 0 aliphatic carbocycles. The number of fused-ring (bicyclic) bond motifs is 1. The first kappa shape index (κ1) is 27.3. The summed E-state index contributed by atoms with van der Waals surface area (Å²) in [7, 11) is 0. The number of hydrogen-bond acceptors (Lipinski definition) is 4. The fourth-order valence-corrected chi connectivity index (χ4v) is 4.18. The molecule has 0 spiro atoms. The lowest BCUT2D eigenvalue weighted by atomic mass is 9.86. The van der Waals surface area contributed by atoms with Crippen LogP contribution in [0.5, 0.6) is 0 Å². The highest BCUT2D eigenvalue weighted by Gasteiger charge is 2.23. The molecule has 4 rings (SSSR count). The Labute approximate surface area is 227 Å². The molecule has 3 amide bonds. The van der Waals surface area contributed by atoms with Gasteiger partial charge < -0.3 is 15.6 Å². The highest BCUT2D eigenvalue weighted by molar-refractivity contribution is 6.02. The van der Waals surface area contributed by atoms with Crippen molar-refractivity contribution in [3.05, 3.63) is 107 Å². The molecule has 1 atom stereocenters.